The van der Waals surface area contributed by atoms with E-state index in [1.807, 2.05) is 18.9 Å². The molecule has 0 atom stereocenters. The van der Waals surface area contributed by atoms with Crippen molar-refractivity contribution in [2.45, 2.75) is 24.5 Å². The fraction of sp³-hybridized carbons (Fsp3) is 0.364. The summed E-state index contributed by atoms with van der Waals surface area (Å²) in [6, 6.07) is 10.2. The van der Waals surface area contributed by atoms with Gasteiger partial charge >= 0.3 is 6.18 Å². The summed E-state index contributed by atoms with van der Waals surface area (Å²) in [6.45, 7) is 4.99. The van der Waals surface area contributed by atoms with E-state index < -0.39 is 21.8 Å². The number of hydrogen-bond acceptors (Lipinski definition) is 4. The number of rotatable bonds is 4. The third-order valence-electron chi connectivity index (χ3n) is 5.75. The van der Waals surface area contributed by atoms with E-state index in [1.54, 1.807) is 18.2 Å². The lowest BCUT2D eigenvalue weighted by molar-refractivity contribution is -0.138. The molecule has 0 bridgehead atoms. The molecule has 1 saturated heterocycles. The number of nitrogens with zero attached hydrogens (tertiary/aromatic N) is 3. The van der Waals surface area contributed by atoms with Gasteiger partial charge in [0.15, 0.2) is 0 Å². The summed E-state index contributed by atoms with van der Waals surface area (Å²) in [5.41, 5.74) is 0.285. The van der Waals surface area contributed by atoms with E-state index >= 15 is 0 Å². The van der Waals surface area contributed by atoms with Gasteiger partial charge in [0, 0.05) is 44.3 Å². The molecule has 3 aromatic rings. The number of benzene rings is 2. The molecule has 1 fully saturated rings. The van der Waals surface area contributed by atoms with E-state index in [2.05, 4.69) is 4.90 Å². The summed E-state index contributed by atoms with van der Waals surface area (Å²) in [5, 5.41) is 0.466. The van der Waals surface area contributed by atoms with Crippen LogP contribution in [0.15, 0.2) is 53.6 Å². The Morgan fingerprint density at radius 1 is 0.968 bits per heavy atom. The second kappa shape index (κ2) is 7.96. The van der Waals surface area contributed by atoms with Gasteiger partial charge in [-0.15, -0.1) is 0 Å². The summed E-state index contributed by atoms with van der Waals surface area (Å²) >= 11 is 0. The van der Waals surface area contributed by atoms with Gasteiger partial charge in [-0.25, -0.2) is 12.4 Å². The second-order valence-corrected chi connectivity index (χ2v) is 9.89. The maximum atomic E-state index is 13.9. The first kappa shape index (κ1) is 21.9. The van der Waals surface area contributed by atoms with Gasteiger partial charge in [-0.2, -0.15) is 13.2 Å². The van der Waals surface area contributed by atoms with Crippen molar-refractivity contribution in [2.75, 3.05) is 33.2 Å². The highest BCUT2D eigenvalue weighted by molar-refractivity contribution is 7.90. The predicted octanol–water partition coefficient (Wildman–Crippen LogP) is 3.95. The molecule has 1 aliphatic heterocycles. The van der Waals surface area contributed by atoms with Crippen LogP contribution in [-0.4, -0.2) is 55.4 Å². The monoisotopic (exact) mass is 451 g/mol. The van der Waals surface area contributed by atoms with Crippen LogP contribution in [0.1, 0.15) is 16.7 Å². The number of alkyl halides is 3. The predicted molar refractivity (Wildman–Crippen MR) is 113 cm³/mol. The van der Waals surface area contributed by atoms with Gasteiger partial charge in [-0.1, -0.05) is 17.7 Å². The molecule has 0 amide bonds. The number of hydrogen-bond donors (Lipinski definition) is 0. The normalized spacial score (nSPS) is 16.8. The first-order valence-corrected chi connectivity index (χ1v) is 11.4. The molecule has 1 aromatic heterocycles. The van der Waals surface area contributed by atoms with E-state index in [4.69, 9.17) is 0 Å². The molecule has 5 nitrogen and oxygen atoms in total. The Bertz CT molecular complexity index is 1190. The van der Waals surface area contributed by atoms with Gasteiger partial charge in [0.1, 0.15) is 0 Å². The molecule has 9 heteroatoms. The van der Waals surface area contributed by atoms with Crippen LogP contribution < -0.4 is 0 Å². The molecule has 0 spiro atoms. The van der Waals surface area contributed by atoms with Gasteiger partial charge in [0.25, 0.3) is 10.0 Å². The minimum Gasteiger partial charge on any atom is -0.304 e. The van der Waals surface area contributed by atoms with Gasteiger partial charge in [0.05, 0.1) is 16.0 Å². The lowest BCUT2D eigenvalue weighted by Crippen LogP contribution is -2.44. The number of likely N-dealkylation sites (N-methyl/N-ethyl adjacent to an activating group) is 1. The van der Waals surface area contributed by atoms with Crippen molar-refractivity contribution in [3.8, 4) is 0 Å². The van der Waals surface area contributed by atoms with Crippen molar-refractivity contribution in [1.82, 2.24) is 13.8 Å². The fourth-order valence-corrected chi connectivity index (χ4v) is 5.23. The molecule has 0 saturated carbocycles. The standard InChI is InChI=1S/C22H24F3N3O2S/c1-16-3-5-19(6-4-16)31(29,30)28-8-7-17-13-18(15-27-11-9-26(2)10-12-27)20(14-21(17)28)22(23,24)25/h3-8,13-14H,9-12,15H2,1-2H3. The Labute approximate surface area is 179 Å². The maximum Gasteiger partial charge on any atom is 0.416 e. The quantitative estimate of drug-likeness (QED) is 0.603. The van der Waals surface area contributed by atoms with Crippen molar-refractivity contribution >= 4 is 20.9 Å². The van der Waals surface area contributed by atoms with Crippen molar-refractivity contribution in [2.24, 2.45) is 0 Å². The molecule has 1 aliphatic rings. The average molecular weight is 452 g/mol. The summed E-state index contributed by atoms with van der Waals surface area (Å²) in [6.07, 6.45) is -3.27. The third kappa shape index (κ3) is 4.35. The van der Waals surface area contributed by atoms with Gasteiger partial charge in [-0.3, -0.25) is 4.90 Å². The molecule has 0 unspecified atom stereocenters. The highest BCUT2D eigenvalue weighted by atomic mass is 32.2. The molecule has 0 aliphatic carbocycles. The Morgan fingerprint density at radius 2 is 1.61 bits per heavy atom. The van der Waals surface area contributed by atoms with E-state index in [0.717, 1.165) is 28.7 Å². The number of aryl methyl sites for hydroxylation is 1. The topological polar surface area (TPSA) is 45.6 Å². The van der Waals surface area contributed by atoms with Crippen LogP contribution in [0.4, 0.5) is 13.2 Å². The number of aromatic nitrogens is 1. The zero-order valence-corrected chi connectivity index (χ0v) is 18.2. The number of halogens is 3. The Hall–Kier alpha value is -2.36. The zero-order chi connectivity index (χ0) is 22.4. The molecule has 2 heterocycles. The van der Waals surface area contributed by atoms with E-state index in [9.17, 15) is 21.6 Å². The zero-order valence-electron chi connectivity index (χ0n) is 17.4. The van der Waals surface area contributed by atoms with E-state index in [-0.39, 0.29) is 22.5 Å². The minimum absolute atomic E-state index is 0.0232. The second-order valence-electron chi connectivity index (χ2n) is 8.08. The first-order valence-electron chi connectivity index (χ1n) is 10.00. The maximum absolute atomic E-state index is 13.9. The van der Waals surface area contributed by atoms with Crippen LogP contribution in [0.2, 0.25) is 0 Å². The summed E-state index contributed by atoms with van der Waals surface area (Å²) in [5.74, 6) is 0. The molecular weight excluding hydrogens is 427 g/mol. The Kier molecular flexibility index (Phi) is 5.61. The molecule has 0 N–H and O–H groups in total. The van der Waals surface area contributed by atoms with E-state index in [0.29, 0.717) is 18.5 Å². The van der Waals surface area contributed by atoms with Crippen molar-refractivity contribution in [1.29, 1.82) is 0 Å². The summed E-state index contributed by atoms with van der Waals surface area (Å²) < 4.78 is 68.8. The van der Waals surface area contributed by atoms with Crippen molar-refractivity contribution < 1.29 is 21.6 Å². The van der Waals surface area contributed by atoms with Gasteiger partial charge in [0.2, 0.25) is 0 Å². The smallest absolute Gasteiger partial charge is 0.304 e. The highest BCUT2D eigenvalue weighted by Crippen LogP contribution is 2.36. The first-order chi connectivity index (χ1) is 14.6. The number of fused-ring (bicyclic) bond motifs is 1. The lowest BCUT2D eigenvalue weighted by atomic mass is 10.0. The molecule has 166 valence electrons. The lowest BCUT2D eigenvalue weighted by Gasteiger charge is -2.33. The molecule has 4 rings (SSSR count). The van der Waals surface area contributed by atoms with E-state index in [1.165, 1.54) is 24.4 Å². The van der Waals surface area contributed by atoms with Crippen LogP contribution in [-0.2, 0) is 22.7 Å². The molecule has 2 aromatic carbocycles. The number of piperazine rings is 1. The van der Waals surface area contributed by atoms with Crippen molar-refractivity contribution in [3.05, 3.63) is 65.4 Å². The van der Waals surface area contributed by atoms with Crippen LogP contribution in [0.5, 0.6) is 0 Å². The summed E-state index contributed by atoms with van der Waals surface area (Å²) in [7, 11) is -2.03. The van der Waals surface area contributed by atoms with Crippen LogP contribution in [0.25, 0.3) is 10.9 Å². The minimum atomic E-state index is -4.58. The average Bonchev–Trinajstić information content (AvgIpc) is 3.12. The van der Waals surface area contributed by atoms with Crippen LogP contribution >= 0.6 is 0 Å². The van der Waals surface area contributed by atoms with Gasteiger partial charge in [-0.05, 0) is 49.9 Å². The third-order valence-corrected chi connectivity index (χ3v) is 7.46. The highest BCUT2D eigenvalue weighted by Gasteiger charge is 2.35. The fourth-order valence-electron chi connectivity index (χ4n) is 3.88. The van der Waals surface area contributed by atoms with Gasteiger partial charge < -0.3 is 4.90 Å². The SMILES string of the molecule is Cc1ccc(S(=O)(=O)n2ccc3cc(CN4CCN(C)CC4)c(C(F)(F)F)cc32)cc1. The molecular formula is C22H24F3N3O2S. The molecule has 0 radical (unpaired) electrons. The summed E-state index contributed by atoms with van der Waals surface area (Å²) in [4.78, 5) is 4.17. The van der Waals surface area contributed by atoms with Crippen LogP contribution in [0.3, 0.4) is 0 Å². The largest absolute Gasteiger partial charge is 0.416 e. The van der Waals surface area contributed by atoms with Crippen molar-refractivity contribution in [3.63, 3.8) is 0 Å². The molecule has 31 heavy (non-hydrogen) atoms. The van der Waals surface area contributed by atoms with Crippen LogP contribution in [0, 0.1) is 6.92 Å². The Balaban J connectivity index is 1.78. The Morgan fingerprint density at radius 3 is 2.23 bits per heavy atom.